The van der Waals surface area contributed by atoms with Crippen LogP contribution in [0.15, 0.2) is 43.0 Å². The fourth-order valence-corrected chi connectivity index (χ4v) is 4.03. The molecule has 2 nitrogen and oxygen atoms in total. The summed E-state index contributed by atoms with van der Waals surface area (Å²) < 4.78 is 12.6. The van der Waals surface area contributed by atoms with E-state index in [2.05, 4.69) is 43.8 Å². The molecular formula is C23H34O2. The Kier molecular flexibility index (Phi) is 7.12. The van der Waals surface area contributed by atoms with Crippen LogP contribution in [0.3, 0.4) is 0 Å². The first kappa shape index (κ1) is 18.7. The normalized spacial score (nSPS) is 21.8. The van der Waals surface area contributed by atoms with E-state index in [0.717, 1.165) is 18.4 Å². The maximum Gasteiger partial charge on any atom is 0.0896 e. The predicted molar refractivity (Wildman–Crippen MR) is 103 cm³/mol. The molecule has 0 heterocycles. The average Bonchev–Trinajstić information content (AvgIpc) is 3.33. The second-order valence-corrected chi connectivity index (χ2v) is 8.03. The van der Waals surface area contributed by atoms with Crippen LogP contribution in [-0.2, 0) is 16.1 Å². The molecule has 0 aromatic heterocycles. The molecule has 0 bridgehead atoms. The molecule has 2 aliphatic carbocycles. The molecule has 3 rings (SSSR count). The summed E-state index contributed by atoms with van der Waals surface area (Å²) in [6.45, 7) is 7.84. The Morgan fingerprint density at radius 3 is 2.40 bits per heavy atom. The van der Waals surface area contributed by atoms with Gasteiger partial charge < -0.3 is 9.47 Å². The minimum atomic E-state index is 0.0864. The van der Waals surface area contributed by atoms with Gasteiger partial charge in [0, 0.05) is 12.5 Å². The zero-order valence-corrected chi connectivity index (χ0v) is 15.7. The highest BCUT2D eigenvalue weighted by Gasteiger charge is 2.32. The summed E-state index contributed by atoms with van der Waals surface area (Å²) in [7, 11) is 0. The molecule has 2 saturated carbocycles. The maximum atomic E-state index is 6.38. The zero-order valence-electron chi connectivity index (χ0n) is 15.7. The van der Waals surface area contributed by atoms with Crippen LogP contribution in [0.4, 0.5) is 0 Å². The Balaban J connectivity index is 1.58. The van der Waals surface area contributed by atoms with Gasteiger partial charge in [-0.25, -0.2) is 0 Å². The third-order valence-electron chi connectivity index (χ3n) is 5.84. The SMILES string of the molecule is C=CC(CC1CCCC1)[C@@H](OCC1CC1)[C@H](C)OCc1ccccc1. The first-order valence-electron chi connectivity index (χ1n) is 10.2. The van der Waals surface area contributed by atoms with Crippen molar-refractivity contribution >= 4 is 0 Å². The molecule has 1 aromatic rings. The van der Waals surface area contributed by atoms with Gasteiger partial charge in [-0.05, 0) is 43.6 Å². The molecule has 1 unspecified atom stereocenters. The van der Waals surface area contributed by atoms with E-state index < -0.39 is 0 Å². The molecule has 138 valence electrons. The summed E-state index contributed by atoms with van der Waals surface area (Å²) in [5.74, 6) is 2.02. The highest BCUT2D eigenvalue weighted by atomic mass is 16.5. The van der Waals surface area contributed by atoms with Gasteiger partial charge in [0.15, 0.2) is 0 Å². The van der Waals surface area contributed by atoms with Gasteiger partial charge in [-0.1, -0.05) is 62.1 Å². The fourth-order valence-electron chi connectivity index (χ4n) is 4.03. The van der Waals surface area contributed by atoms with Crippen LogP contribution in [0.1, 0.15) is 57.4 Å². The molecule has 0 radical (unpaired) electrons. The number of benzene rings is 1. The van der Waals surface area contributed by atoms with Crippen molar-refractivity contribution in [2.45, 2.75) is 70.7 Å². The molecule has 3 atom stereocenters. The molecule has 1 aromatic carbocycles. The van der Waals surface area contributed by atoms with Gasteiger partial charge in [0.2, 0.25) is 0 Å². The molecule has 0 N–H and O–H groups in total. The lowest BCUT2D eigenvalue weighted by atomic mass is 9.87. The van der Waals surface area contributed by atoms with Crippen molar-refractivity contribution in [1.82, 2.24) is 0 Å². The van der Waals surface area contributed by atoms with Gasteiger partial charge in [-0.3, -0.25) is 0 Å². The standard InChI is InChI=1S/C23H34O2/c1-3-22(15-19-9-7-8-10-19)23(25-17-21-13-14-21)18(2)24-16-20-11-5-4-6-12-20/h3-6,11-12,18-19,21-23H,1,7-10,13-17H2,2H3/t18-,22?,23-/m0/s1. The van der Waals surface area contributed by atoms with Gasteiger partial charge in [0.05, 0.1) is 18.8 Å². The number of rotatable bonds is 11. The van der Waals surface area contributed by atoms with E-state index in [4.69, 9.17) is 9.47 Å². The van der Waals surface area contributed by atoms with E-state index in [1.54, 1.807) is 0 Å². The highest BCUT2D eigenvalue weighted by Crippen LogP contribution is 2.35. The van der Waals surface area contributed by atoms with Crippen LogP contribution in [0, 0.1) is 17.8 Å². The predicted octanol–water partition coefficient (Wildman–Crippen LogP) is 5.77. The van der Waals surface area contributed by atoms with Gasteiger partial charge in [-0.15, -0.1) is 6.58 Å². The molecule has 2 fully saturated rings. The first-order valence-corrected chi connectivity index (χ1v) is 10.2. The molecular weight excluding hydrogens is 308 g/mol. The van der Waals surface area contributed by atoms with E-state index >= 15 is 0 Å². The Morgan fingerprint density at radius 2 is 1.76 bits per heavy atom. The van der Waals surface area contributed by atoms with Crippen LogP contribution in [0.25, 0.3) is 0 Å². The Hall–Kier alpha value is -1.12. The summed E-state index contributed by atoms with van der Waals surface area (Å²) in [5.41, 5.74) is 1.22. The van der Waals surface area contributed by atoms with Crippen LogP contribution in [0.5, 0.6) is 0 Å². The number of ether oxygens (including phenoxy) is 2. The van der Waals surface area contributed by atoms with E-state index in [1.165, 1.54) is 50.5 Å². The monoisotopic (exact) mass is 342 g/mol. The van der Waals surface area contributed by atoms with Crippen molar-refractivity contribution in [2.75, 3.05) is 6.61 Å². The zero-order chi connectivity index (χ0) is 17.5. The highest BCUT2D eigenvalue weighted by molar-refractivity contribution is 5.13. The first-order chi connectivity index (χ1) is 12.3. The average molecular weight is 343 g/mol. The lowest BCUT2D eigenvalue weighted by molar-refractivity contribution is -0.0934. The van der Waals surface area contributed by atoms with Crippen LogP contribution in [0.2, 0.25) is 0 Å². The summed E-state index contributed by atoms with van der Waals surface area (Å²) in [6, 6.07) is 10.4. The van der Waals surface area contributed by atoms with Crippen molar-refractivity contribution in [3.8, 4) is 0 Å². The van der Waals surface area contributed by atoms with Crippen molar-refractivity contribution in [3.63, 3.8) is 0 Å². The van der Waals surface area contributed by atoms with Crippen LogP contribution < -0.4 is 0 Å². The smallest absolute Gasteiger partial charge is 0.0896 e. The van der Waals surface area contributed by atoms with Crippen LogP contribution in [-0.4, -0.2) is 18.8 Å². The van der Waals surface area contributed by atoms with E-state index in [1.807, 2.05) is 6.07 Å². The Labute approximate surface area is 153 Å². The van der Waals surface area contributed by atoms with Crippen molar-refractivity contribution in [1.29, 1.82) is 0 Å². The van der Waals surface area contributed by atoms with Crippen molar-refractivity contribution in [3.05, 3.63) is 48.6 Å². The van der Waals surface area contributed by atoms with Crippen molar-refractivity contribution in [2.24, 2.45) is 17.8 Å². The number of hydrogen-bond donors (Lipinski definition) is 0. The van der Waals surface area contributed by atoms with Gasteiger partial charge >= 0.3 is 0 Å². The minimum absolute atomic E-state index is 0.0864. The summed E-state index contributed by atoms with van der Waals surface area (Å²) >= 11 is 0. The molecule has 0 aliphatic heterocycles. The summed E-state index contributed by atoms with van der Waals surface area (Å²) in [6.07, 6.45) is 11.7. The number of hydrogen-bond acceptors (Lipinski definition) is 2. The van der Waals surface area contributed by atoms with E-state index in [0.29, 0.717) is 12.5 Å². The summed E-state index contributed by atoms with van der Waals surface area (Å²) in [5, 5.41) is 0. The third-order valence-corrected chi connectivity index (χ3v) is 5.84. The fraction of sp³-hybridized carbons (Fsp3) is 0.652. The second kappa shape index (κ2) is 9.54. The Morgan fingerprint density at radius 1 is 1.04 bits per heavy atom. The molecule has 25 heavy (non-hydrogen) atoms. The summed E-state index contributed by atoms with van der Waals surface area (Å²) in [4.78, 5) is 0. The second-order valence-electron chi connectivity index (χ2n) is 8.03. The lowest BCUT2D eigenvalue weighted by Gasteiger charge is -2.32. The van der Waals surface area contributed by atoms with Crippen molar-refractivity contribution < 1.29 is 9.47 Å². The molecule has 2 heteroatoms. The van der Waals surface area contributed by atoms with Crippen LogP contribution >= 0.6 is 0 Å². The molecule has 2 aliphatic rings. The quantitative estimate of drug-likeness (QED) is 0.475. The van der Waals surface area contributed by atoms with Gasteiger partial charge in [0.25, 0.3) is 0 Å². The molecule has 0 amide bonds. The van der Waals surface area contributed by atoms with E-state index in [9.17, 15) is 0 Å². The van der Waals surface area contributed by atoms with Gasteiger partial charge in [-0.2, -0.15) is 0 Å². The molecule has 0 spiro atoms. The largest absolute Gasteiger partial charge is 0.375 e. The van der Waals surface area contributed by atoms with E-state index in [-0.39, 0.29) is 12.2 Å². The topological polar surface area (TPSA) is 18.5 Å². The third kappa shape index (κ3) is 5.97. The van der Waals surface area contributed by atoms with Gasteiger partial charge in [0.1, 0.15) is 0 Å². The maximum absolute atomic E-state index is 6.38. The Bertz CT molecular complexity index is 502. The lowest BCUT2D eigenvalue weighted by Crippen LogP contribution is -2.36. The molecule has 0 saturated heterocycles. The minimum Gasteiger partial charge on any atom is -0.375 e.